The first-order valence-electron chi connectivity index (χ1n) is 9.66. The van der Waals surface area contributed by atoms with E-state index in [-0.39, 0.29) is 5.91 Å². The summed E-state index contributed by atoms with van der Waals surface area (Å²) in [6.45, 7) is 10.8. The van der Waals surface area contributed by atoms with E-state index in [0.29, 0.717) is 42.7 Å². The van der Waals surface area contributed by atoms with Crippen molar-refractivity contribution >= 4 is 21.7 Å². The van der Waals surface area contributed by atoms with Crippen molar-refractivity contribution in [3.8, 4) is 0 Å². The highest BCUT2D eigenvalue weighted by Crippen LogP contribution is 2.26. The number of amides is 1. The van der Waals surface area contributed by atoms with Crippen molar-refractivity contribution in [3.63, 3.8) is 0 Å². The Hall–Kier alpha value is -2.23. The molecule has 0 bridgehead atoms. The third kappa shape index (κ3) is 4.52. The third-order valence-corrected chi connectivity index (χ3v) is 7.49. The van der Waals surface area contributed by atoms with Crippen molar-refractivity contribution < 1.29 is 17.7 Å². The second-order valence-electron chi connectivity index (χ2n) is 7.66. The summed E-state index contributed by atoms with van der Waals surface area (Å²) in [5.41, 5.74) is 2.58. The lowest BCUT2D eigenvalue weighted by molar-refractivity contribution is -0.121. The largest absolute Gasteiger partial charge is 0.360 e. The maximum Gasteiger partial charge on any atom is 0.243 e. The minimum absolute atomic E-state index is 0.195. The van der Waals surface area contributed by atoms with Crippen LogP contribution in [0.2, 0.25) is 0 Å². The van der Waals surface area contributed by atoms with E-state index in [0.717, 1.165) is 16.7 Å². The van der Waals surface area contributed by atoms with Gasteiger partial charge in [0.15, 0.2) is 5.82 Å². The lowest BCUT2D eigenvalue weighted by Gasteiger charge is -2.37. The van der Waals surface area contributed by atoms with Gasteiger partial charge >= 0.3 is 0 Å². The number of carbonyl (C=O) groups is 1. The quantitative estimate of drug-likeness (QED) is 0.797. The van der Waals surface area contributed by atoms with Crippen molar-refractivity contribution in [2.45, 2.75) is 45.6 Å². The van der Waals surface area contributed by atoms with Gasteiger partial charge in [-0.2, -0.15) is 4.31 Å². The Kier molecular flexibility index (Phi) is 6.11. The highest BCUT2D eigenvalue weighted by atomic mass is 32.2. The number of nitrogens with zero attached hydrogens (tertiary/aromatic N) is 3. The predicted octanol–water partition coefficient (Wildman–Crippen LogP) is 2.24. The van der Waals surface area contributed by atoms with Crippen LogP contribution in [0, 0.1) is 27.7 Å². The van der Waals surface area contributed by atoms with E-state index < -0.39 is 16.1 Å². The van der Waals surface area contributed by atoms with Gasteiger partial charge in [-0.05, 0) is 45.7 Å². The van der Waals surface area contributed by atoms with E-state index >= 15 is 0 Å². The monoisotopic (exact) mass is 420 g/mol. The molecule has 1 aliphatic heterocycles. The molecule has 1 aromatic carbocycles. The Balaban J connectivity index is 1.66. The number of nitrogens with one attached hydrogen (secondary N) is 1. The summed E-state index contributed by atoms with van der Waals surface area (Å²) < 4.78 is 32.9. The van der Waals surface area contributed by atoms with Crippen molar-refractivity contribution in [3.05, 3.63) is 40.6 Å². The molecule has 1 atom stereocenters. The molecular weight excluding hydrogens is 392 g/mol. The van der Waals surface area contributed by atoms with Crippen LogP contribution in [0.25, 0.3) is 0 Å². The number of sulfonamides is 1. The summed E-state index contributed by atoms with van der Waals surface area (Å²) in [6, 6.07) is 5.05. The molecule has 2 aromatic rings. The fraction of sp³-hybridized carbons (Fsp3) is 0.500. The van der Waals surface area contributed by atoms with Gasteiger partial charge < -0.3 is 9.84 Å². The average Bonchev–Trinajstić information content (AvgIpc) is 3.04. The molecule has 2 heterocycles. The van der Waals surface area contributed by atoms with Crippen LogP contribution in [-0.2, 0) is 14.8 Å². The summed E-state index contributed by atoms with van der Waals surface area (Å²) >= 11 is 0. The number of piperazine rings is 1. The first-order chi connectivity index (χ1) is 13.6. The molecule has 1 N–H and O–H groups in total. The molecular formula is C20H28N4O4S. The summed E-state index contributed by atoms with van der Waals surface area (Å²) in [6.07, 6.45) is 0. The number of anilines is 1. The zero-order valence-electron chi connectivity index (χ0n) is 17.5. The fourth-order valence-electron chi connectivity index (χ4n) is 3.86. The van der Waals surface area contributed by atoms with Gasteiger partial charge in [0.2, 0.25) is 15.9 Å². The standard InChI is InChI=1S/C20H28N4O4S/c1-13-10-14(2)19(15(3)11-13)29(26,27)24-8-6-23(7-9-24)17(5)20(25)21-18-12-16(4)28-22-18/h10-12,17H,6-9H2,1-5H3,(H,21,22,25)/t17-/m0/s1. The summed E-state index contributed by atoms with van der Waals surface area (Å²) in [5, 5.41) is 6.50. The first-order valence-corrected chi connectivity index (χ1v) is 11.1. The van der Waals surface area contributed by atoms with Gasteiger partial charge in [-0.1, -0.05) is 22.9 Å². The number of aromatic nitrogens is 1. The maximum absolute atomic E-state index is 13.2. The van der Waals surface area contributed by atoms with Crippen molar-refractivity contribution in [1.82, 2.24) is 14.4 Å². The Morgan fingerprint density at radius 1 is 1.07 bits per heavy atom. The van der Waals surface area contributed by atoms with Crippen LogP contribution in [-0.4, -0.2) is 60.9 Å². The summed E-state index contributed by atoms with van der Waals surface area (Å²) in [4.78, 5) is 14.8. The second-order valence-corrected chi connectivity index (χ2v) is 9.53. The molecule has 1 fully saturated rings. The van der Waals surface area contributed by atoms with Gasteiger partial charge in [0, 0.05) is 32.2 Å². The molecule has 1 saturated heterocycles. The molecule has 0 aliphatic carbocycles. The maximum atomic E-state index is 13.2. The third-order valence-electron chi connectivity index (χ3n) is 5.28. The van der Waals surface area contributed by atoms with E-state index in [9.17, 15) is 13.2 Å². The van der Waals surface area contributed by atoms with E-state index in [1.807, 2.05) is 37.8 Å². The highest BCUT2D eigenvalue weighted by molar-refractivity contribution is 7.89. The average molecular weight is 421 g/mol. The van der Waals surface area contributed by atoms with Gasteiger partial charge in [0.05, 0.1) is 10.9 Å². The molecule has 1 aromatic heterocycles. The van der Waals surface area contributed by atoms with E-state index in [1.165, 1.54) is 4.31 Å². The molecule has 0 radical (unpaired) electrons. The number of aryl methyl sites for hydroxylation is 4. The van der Waals surface area contributed by atoms with Crippen molar-refractivity contribution in [2.24, 2.45) is 0 Å². The number of benzene rings is 1. The van der Waals surface area contributed by atoms with Crippen LogP contribution in [0.5, 0.6) is 0 Å². The van der Waals surface area contributed by atoms with Gasteiger partial charge in [0.25, 0.3) is 0 Å². The minimum atomic E-state index is -3.57. The fourth-order valence-corrected chi connectivity index (χ4v) is 5.69. The van der Waals surface area contributed by atoms with Crippen LogP contribution in [0.3, 0.4) is 0 Å². The molecule has 0 spiro atoms. The van der Waals surface area contributed by atoms with Crippen LogP contribution in [0.15, 0.2) is 27.6 Å². The number of hydrogen-bond acceptors (Lipinski definition) is 6. The van der Waals surface area contributed by atoms with Crippen LogP contribution >= 0.6 is 0 Å². The lowest BCUT2D eigenvalue weighted by atomic mass is 10.1. The number of hydrogen-bond donors (Lipinski definition) is 1. The zero-order valence-corrected chi connectivity index (χ0v) is 18.3. The van der Waals surface area contributed by atoms with Crippen molar-refractivity contribution in [1.29, 1.82) is 0 Å². The SMILES string of the molecule is Cc1cc(C)c(S(=O)(=O)N2CCN([C@@H](C)C(=O)Nc3cc(C)on3)CC2)c(C)c1. The van der Waals surface area contributed by atoms with Gasteiger partial charge in [-0.3, -0.25) is 9.69 Å². The number of rotatable bonds is 5. The van der Waals surface area contributed by atoms with Gasteiger partial charge in [0.1, 0.15) is 5.76 Å². The lowest BCUT2D eigenvalue weighted by Crippen LogP contribution is -2.54. The highest BCUT2D eigenvalue weighted by Gasteiger charge is 2.33. The normalized spacial score (nSPS) is 17.3. The molecule has 0 saturated carbocycles. The van der Waals surface area contributed by atoms with Crippen LogP contribution < -0.4 is 5.32 Å². The molecule has 8 nitrogen and oxygen atoms in total. The second kappa shape index (κ2) is 8.25. The Labute approximate surface area is 171 Å². The molecule has 1 amide bonds. The molecule has 0 unspecified atom stereocenters. The molecule has 1 aliphatic rings. The zero-order chi connectivity index (χ0) is 21.3. The predicted molar refractivity (Wildman–Crippen MR) is 110 cm³/mol. The molecule has 158 valence electrons. The smallest absolute Gasteiger partial charge is 0.243 e. The van der Waals surface area contributed by atoms with Crippen molar-refractivity contribution in [2.75, 3.05) is 31.5 Å². The topological polar surface area (TPSA) is 95.8 Å². The summed E-state index contributed by atoms with van der Waals surface area (Å²) in [5.74, 6) is 0.805. The molecule has 29 heavy (non-hydrogen) atoms. The van der Waals surface area contributed by atoms with Crippen LogP contribution in [0.1, 0.15) is 29.4 Å². The van der Waals surface area contributed by atoms with Gasteiger partial charge in [-0.25, -0.2) is 8.42 Å². The van der Waals surface area contributed by atoms with E-state index in [1.54, 1.807) is 19.9 Å². The Morgan fingerprint density at radius 3 is 2.17 bits per heavy atom. The van der Waals surface area contributed by atoms with E-state index in [4.69, 9.17) is 4.52 Å². The molecule has 3 rings (SSSR count). The Bertz CT molecular complexity index is 984. The Morgan fingerprint density at radius 2 is 1.66 bits per heavy atom. The van der Waals surface area contributed by atoms with Crippen LogP contribution in [0.4, 0.5) is 5.82 Å². The number of carbonyl (C=O) groups excluding carboxylic acids is 1. The molecule has 9 heteroatoms. The van der Waals surface area contributed by atoms with Gasteiger partial charge in [-0.15, -0.1) is 0 Å². The van der Waals surface area contributed by atoms with E-state index in [2.05, 4.69) is 10.5 Å². The summed E-state index contributed by atoms with van der Waals surface area (Å²) in [7, 11) is -3.57. The first kappa shape index (κ1) is 21.5. The minimum Gasteiger partial charge on any atom is -0.360 e.